The molecule has 10 heteroatoms. The summed E-state index contributed by atoms with van der Waals surface area (Å²) in [5, 5.41) is 14.0. The van der Waals surface area contributed by atoms with Crippen molar-refractivity contribution < 1.29 is 0 Å². The predicted molar refractivity (Wildman–Crippen MR) is 126 cm³/mol. The Morgan fingerprint density at radius 2 is 1.69 bits per heavy atom. The van der Waals surface area contributed by atoms with E-state index in [0.29, 0.717) is 16.5 Å². The van der Waals surface area contributed by atoms with Gasteiger partial charge in [0, 0.05) is 24.4 Å². The van der Waals surface area contributed by atoms with E-state index >= 15 is 0 Å². The maximum atomic E-state index is 12.9. The number of hydrogen-bond donors (Lipinski definition) is 1. The highest BCUT2D eigenvalue weighted by molar-refractivity contribution is 9.11. The number of aromatic nitrogens is 3. The van der Waals surface area contributed by atoms with Crippen molar-refractivity contribution in [3.63, 3.8) is 0 Å². The van der Waals surface area contributed by atoms with Gasteiger partial charge in [-0.05, 0) is 50.9 Å². The molecule has 0 radical (unpaired) electrons. The summed E-state index contributed by atoms with van der Waals surface area (Å²) in [4.78, 5) is 17.5. The third-order valence-electron chi connectivity index (χ3n) is 4.02. The van der Waals surface area contributed by atoms with Crippen LogP contribution in [0.15, 0.2) is 76.3 Å². The quantitative estimate of drug-likeness (QED) is 0.251. The number of aromatic amines is 1. The Balaban J connectivity index is 1.70. The largest absolute Gasteiger partial charge is 0.301 e. The Morgan fingerprint density at radius 1 is 1.03 bits per heavy atom. The second-order valence-electron chi connectivity index (χ2n) is 6.03. The highest BCUT2D eigenvalue weighted by Gasteiger charge is 2.16. The van der Waals surface area contributed by atoms with E-state index in [-0.39, 0.29) is 11.2 Å². The number of aryl methyl sites for hydroxylation is 1. The first-order valence-corrected chi connectivity index (χ1v) is 11.6. The molecule has 2 heterocycles. The number of nitrogens with one attached hydrogen (secondary N) is 1. The van der Waals surface area contributed by atoms with Gasteiger partial charge in [0.1, 0.15) is 5.69 Å². The fraction of sp³-hybridized carbons (Fsp3) is 0.0526. The van der Waals surface area contributed by atoms with E-state index in [4.69, 9.17) is 0 Å². The predicted octanol–water partition coefficient (Wildman–Crippen LogP) is 7.30. The van der Waals surface area contributed by atoms with Crippen LogP contribution in [0.3, 0.4) is 0 Å². The number of rotatable bonds is 4. The van der Waals surface area contributed by atoms with E-state index in [9.17, 15) is 4.79 Å². The van der Waals surface area contributed by atoms with Crippen LogP contribution in [0.1, 0.15) is 5.69 Å². The summed E-state index contributed by atoms with van der Waals surface area (Å²) in [6.07, 6.45) is 0. The van der Waals surface area contributed by atoms with Gasteiger partial charge in [-0.1, -0.05) is 46.3 Å². The van der Waals surface area contributed by atoms with Crippen molar-refractivity contribution in [2.24, 2.45) is 10.2 Å². The molecule has 0 atom stereocenters. The van der Waals surface area contributed by atoms with Crippen molar-refractivity contribution >= 4 is 70.5 Å². The third-order valence-corrected chi connectivity index (χ3v) is 6.52. The molecule has 0 aliphatic rings. The Bertz CT molecular complexity index is 1250. The molecule has 0 amide bonds. The van der Waals surface area contributed by atoms with E-state index in [1.807, 2.05) is 47.8 Å². The summed E-state index contributed by atoms with van der Waals surface area (Å²) in [6.45, 7) is 1.78. The number of hydrogen-bond acceptors (Lipinski definition) is 5. The molecule has 146 valence electrons. The summed E-state index contributed by atoms with van der Waals surface area (Å²) in [6, 6.07) is 13.6. The third kappa shape index (κ3) is 4.20. The average molecular weight is 598 g/mol. The maximum absolute atomic E-state index is 12.9. The number of benzene rings is 2. The number of H-pyrrole nitrogens is 1. The van der Waals surface area contributed by atoms with Crippen LogP contribution in [-0.4, -0.2) is 14.8 Å². The molecule has 2 aromatic carbocycles. The molecular formula is C19H12Br3N5OS. The molecule has 0 aliphatic carbocycles. The molecule has 0 spiro atoms. The lowest BCUT2D eigenvalue weighted by Gasteiger charge is -2.01. The lowest BCUT2D eigenvalue weighted by molar-refractivity contribution is 0.827. The number of nitrogens with zero attached hydrogens (tertiary/aromatic N) is 4. The normalized spacial score (nSPS) is 11.4. The second-order valence-corrected chi connectivity index (χ2v) is 9.49. The minimum absolute atomic E-state index is 0.239. The van der Waals surface area contributed by atoms with Crippen LogP contribution >= 0.6 is 59.1 Å². The van der Waals surface area contributed by atoms with Crippen molar-refractivity contribution in [3.05, 3.63) is 77.3 Å². The van der Waals surface area contributed by atoms with Crippen LogP contribution in [0.5, 0.6) is 0 Å². The van der Waals surface area contributed by atoms with Gasteiger partial charge >= 0.3 is 5.56 Å². The molecule has 0 bridgehead atoms. The Labute approximate surface area is 195 Å². The Morgan fingerprint density at radius 3 is 2.38 bits per heavy atom. The first kappa shape index (κ1) is 20.4. The van der Waals surface area contributed by atoms with Crippen LogP contribution in [0.4, 0.5) is 11.4 Å². The molecule has 0 fully saturated rings. The molecule has 4 rings (SSSR count). The van der Waals surface area contributed by atoms with E-state index < -0.39 is 0 Å². The van der Waals surface area contributed by atoms with Gasteiger partial charge < -0.3 is 0 Å². The Hall–Kier alpha value is -1.88. The summed E-state index contributed by atoms with van der Waals surface area (Å²) in [5.41, 5.74) is 2.96. The zero-order chi connectivity index (χ0) is 20.5. The SMILES string of the molecule is Cc1[nH]n(-c2nc(-c3ccccc3)cs2)c(=O)c1N=Nc1c(Br)cc(Br)cc1Br. The minimum Gasteiger partial charge on any atom is -0.291 e. The second kappa shape index (κ2) is 8.47. The fourth-order valence-corrected chi connectivity index (χ4v) is 5.84. The highest BCUT2D eigenvalue weighted by Crippen LogP contribution is 2.37. The number of thiazole rings is 1. The van der Waals surface area contributed by atoms with Gasteiger partial charge in [-0.25, -0.2) is 4.98 Å². The van der Waals surface area contributed by atoms with Gasteiger partial charge in [0.25, 0.3) is 0 Å². The summed E-state index contributed by atoms with van der Waals surface area (Å²) in [5.74, 6) is 0. The van der Waals surface area contributed by atoms with E-state index in [1.165, 1.54) is 16.0 Å². The van der Waals surface area contributed by atoms with Gasteiger partial charge in [-0.15, -0.1) is 21.6 Å². The van der Waals surface area contributed by atoms with Crippen LogP contribution in [0.25, 0.3) is 16.4 Å². The van der Waals surface area contributed by atoms with Crippen molar-refractivity contribution in [2.45, 2.75) is 6.92 Å². The van der Waals surface area contributed by atoms with Gasteiger partial charge in [0.05, 0.1) is 11.4 Å². The standard InChI is InChI=1S/C19H12Br3N5OS/c1-10-16(24-25-17-13(21)7-12(20)8-14(17)22)18(28)27(26-10)19-23-15(9-29-19)11-5-3-2-4-6-11/h2-9,26H,1H3. The van der Waals surface area contributed by atoms with E-state index in [1.54, 1.807) is 6.92 Å². The number of azo groups is 1. The monoisotopic (exact) mass is 595 g/mol. The number of halogens is 3. The molecule has 29 heavy (non-hydrogen) atoms. The lowest BCUT2D eigenvalue weighted by atomic mass is 10.2. The summed E-state index contributed by atoms with van der Waals surface area (Å²) < 4.78 is 3.80. The lowest BCUT2D eigenvalue weighted by Crippen LogP contribution is -2.13. The van der Waals surface area contributed by atoms with Crippen LogP contribution in [-0.2, 0) is 0 Å². The molecular weight excluding hydrogens is 586 g/mol. The molecule has 4 aromatic rings. The van der Waals surface area contributed by atoms with E-state index in [0.717, 1.165) is 24.7 Å². The molecule has 0 saturated heterocycles. The van der Waals surface area contributed by atoms with Gasteiger partial charge in [0.2, 0.25) is 5.13 Å². The zero-order valence-corrected chi connectivity index (χ0v) is 20.4. The van der Waals surface area contributed by atoms with Crippen LogP contribution in [0, 0.1) is 6.92 Å². The first-order chi connectivity index (χ1) is 13.9. The van der Waals surface area contributed by atoms with Gasteiger partial charge in [0.15, 0.2) is 5.69 Å². The maximum Gasteiger partial charge on any atom is 0.301 e. The van der Waals surface area contributed by atoms with Crippen molar-refractivity contribution in [1.82, 2.24) is 14.8 Å². The Kier molecular flexibility index (Phi) is 5.95. The van der Waals surface area contributed by atoms with E-state index in [2.05, 4.69) is 68.1 Å². The van der Waals surface area contributed by atoms with Gasteiger partial charge in [-0.3, -0.25) is 9.89 Å². The highest BCUT2D eigenvalue weighted by atomic mass is 79.9. The minimum atomic E-state index is -0.301. The summed E-state index contributed by atoms with van der Waals surface area (Å²) >= 11 is 11.7. The molecule has 6 nitrogen and oxygen atoms in total. The molecule has 1 N–H and O–H groups in total. The van der Waals surface area contributed by atoms with Crippen LogP contribution < -0.4 is 5.56 Å². The molecule has 0 aliphatic heterocycles. The molecule has 0 unspecified atom stereocenters. The van der Waals surface area contributed by atoms with Crippen molar-refractivity contribution in [3.8, 4) is 16.4 Å². The van der Waals surface area contributed by atoms with Crippen LogP contribution in [0.2, 0.25) is 0 Å². The molecule has 0 saturated carbocycles. The fourth-order valence-electron chi connectivity index (χ4n) is 2.63. The molecule has 2 aromatic heterocycles. The average Bonchev–Trinajstić information content (AvgIpc) is 3.27. The topological polar surface area (TPSA) is 75.4 Å². The zero-order valence-electron chi connectivity index (χ0n) is 14.9. The first-order valence-electron chi connectivity index (χ1n) is 8.33. The van der Waals surface area contributed by atoms with Crippen molar-refractivity contribution in [2.75, 3.05) is 0 Å². The van der Waals surface area contributed by atoms with Gasteiger partial charge in [-0.2, -0.15) is 4.68 Å². The van der Waals surface area contributed by atoms with Crippen molar-refractivity contribution in [1.29, 1.82) is 0 Å². The summed E-state index contributed by atoms with van der Waals surface area (Å²) in [7, 11) is 0. The smallest absolute Gasteiger partial charge is 0.291 e.